The first kappa shape index (κ1) is 14.3. The number of hydrogen-bond acceptors (Lipinski definition) is 5. The minimum absolute atomic E-state index is 0.309. The van der Waals surface area contributed by atoms with Crippen LogP contribution in [-0.2, 0) is 18.4 Å². The van der Waals surface area contributed by atoms with Gasteiger partial charge in [-0.1, -0.05) is 13.8 Å². The Morgan fingerprint density at radius 3 is 2.86 bits per heavy atom. The van der Waals surface area contributed by atoms with Gasteiger partial charge in [-0.05, 0) is 31.1 Å². The molecule has 1 aliphatic rings. The topological polar surface area (TPSA) is 78.9 Å². The average Bonchev–Trinajstić information content (AvgIpc) is 2.83. The molecule has 0 amide bonds. The largest absolute Gasteiger partial charge is 0.383 e. The van der Waals surface area contributed by atoms with Gasteiger partial charge in [-0.25, -0.2) is 9.97 Å². The van der Waals surface area contributed by atoms with Crippen LogP contribution in [0.25, 0.3) is 11.0 Å². The maximum absolute atomic E-state index is 6.00. The summed E-state index contributed by atoms with van der Waals surface area (Å²) in [6.45, 7) is 5.04. The van der Waals surface area contributed by atoms with Crippen molar-refractivity contribution in [1.82, 2.24) is 19.7 Å². The number of nitrogens with two attached hydrogens (primary N) is 1. The lowest BCUT2D eigenvalue weighted by molar-refractivity contribution is -0.0100. The van der Waals surface area contributed by atoms with Crippen LogP contribution in [-0.4, -0.2) is 25.9 Å². The van der Waals surface area contributed by atoms with Crippen molar-refractivity contribution in [3.8, 4) is 0 Å². The Kier molecular flexibility index (Phi) is 3.80. The zero-order chi connectivity index (χ0) is 15.0. The summed E-state index contributed by atoms with van der Waals surface area (Å²) in [5.74, 6) is 2.61. The highest BCUT2D eigenvalue weighted by atomic mass is 16.5. The minimum atomic E-state index is 0.309. The van der Waals surface area contributed by atoms with Crippen LogP contribution < -0.4 is 5.73 Å². The summed E-state index contributed by atoms with van der Waals surface area (Å²) in [5, 5.41) is 4.95. The minimum Gasteiger partial charge on any atom is -0.383 e. The van der Waals surface area contributed by atoms with Gasteiger partial charge in [0.05, 0.1) is 17.7 Å². The molecule has 0 aromatic carbocycles. The van der Waals surface area contributed by atoms with Gasteiger partial charge >= 0.3 is 0 Å². The third-order valence-corrected chi connectivity index (χ3v) is 4.67. The van der Waals surface area contributed by atoms with E-state index in [1.54, 1.807) is 10.9 Å². The lowest BCUT2D eigenvalue weighted by atomic mass is 9.80. The molecule has 6 nitrogen and oxygen atoms in total. The first-order chi connectivity index (χ1) is 10.0. The Bertz CT molecular complexity index is 638. The van der Waals surface area contributed by atoms with Crippen molar-refractivity contribution in [3.05, 3.63) is 12.0 Å². The molecule has 6 heteroatoms. The van der Waals surface area contributed by atoms with Gasteiger partial charge in [0.15, 0.2) is 11.5 Å². The normalized spacial score (nSPS) is 26.3. The second-order valence-electron chi connectivity index (χ2n) is 6.23. The predicted octanol–water partition coefficient (Wildman–Crippen LogP) is 2.29. The van der Waals surface area contributed by atoms with Crippen LogP contribution >= 0.6 is 0 Å². The number of rotatable bonds is 3. The fourth-order valence-corrected chi connectivity index (χ4v) is 3.00. The number of nitrogen functional groups attached to an aromatic ring is 1. The molecule has 0 radical (unpaired) electrons. The smallest absolute Gasteiger partial charge is 0.163 e. The monoisotopic (exact) mass is 289 g/mol. The Morgan fingerprint density at radius 1 is 1.29 bits per heavy atom. The molecule has 1 saturated carbocycles. The Hall–Kier alpha value is -1.69. The van der Waals surface area contributed by atoms with Gasteiger partial charge in [-0.2, -0.15) is 5.10 Å². The zero-order valence-electron chi connectivity index (χ0n) is 12.9. The SMILES string of the molecule is CC1CCC(OCc2nc(N)c3cnn(C)c3n2)CC1C. The van der Waals surface area contributed by atoms with E-state index in [0.717, 1.165) is 29.8 Å². The predicted molar refractivity (Wildman–Crippen MR) is 81.5 cm³/mol. The van der Waals surface area contributed by atoms with Gasteiger partial charge in [-0.3, -0.25) is 4.68 Å². The zero-order valence-corrected chi connectivity index (χ0v) is 12.9. The summed E-state index contributed by atoms with van der Waals surface area (Å²) in [4.78, 5) is 8.82. The van der Waals surface area contributed by atoms with E-state index in [9.17, 15) is 0 Å². The number of anilines is 1. The number of aromatic nitrogens is 4. The number of aryl methyl sites for hydroxylation is 1. The molecule has 2 aromatic rings. The average molecular weight is 289 g/mol. The highest BCUT2D eigenvalue weighted by Gasteiger charge is 2.25. The second kappa shape index (κ2) is 5.60. The summed E-state index contributed by atoms with van der Waals surface area (Å²) in [7, 11) is 1.85. The van der Waals surface area contributed by atoms with Gasteiger partial charge in [0.1, 0.15) is 12.4 Å². The molecule has 3 rings (SSSR count). The maximum Gasteiger partial charge on any atom is 0.163 e. The molecule has 3 atom stereocenters. The Morgan fingerprint density at radius 2 is 2.10 bits per heavy atom. The maximum atomic E-state index is 6.00. The summed E-state index contributed by atoms with van der Waals surface area (Å²) >= 11 is 0. The molecule has 3 unspecified atom stereocenters. The molecule has 1 aliphatic carbocycles. The fraction of sp³-hybridized carbons (Fsp3) is 0.667. The van der Waals surface area contributed by atoms with E-state index >= 15 is 0 Å². The van der Waals surface area contributed by atoms with Crippen LogP contribution in [0.5, 0.6) is 0 Å². The second-order valence-corrected chi connectivity index (χ2v) is 6.23. The van der Waals surface area contributed by atoms with Gasteiger partial charge in [0.2, 0.25) is 0 Å². The van der Waals surface area contributed by atoms with Crippen molar-refractivity contribution in [2.75, 3.05) is 5.73 Å². The van der Waals surface area contributed by atoms with Crippen LogP contribution in [0.4, 0.5) is 5.82 Å². The lowest BCUT2D eigenvalue weighted by Gasteiger charge is -2.31. The van der Waals surface area contributed by atoms with Crippen molar-refractivity contribution in [3.63, 3.8) is 0 Å². The van der Waals surface area contributed by atoms with E-state index in [1.807, 2.05) is 7.05 Å². The van der Waals surface area contributed by atoms with Crippen molar-refractivity contribution in [1.29, 1.82) is 0 Å². The number of fused-ring (bicyclic) bond motifs is 1. The van der Waals surface area contributed by atoms with E-state index in [0.29, 0.717) is 30.3 Å². The molecule has 21 heavy (non-hydrogen) atoms. The number of ether oxygens (including phenoxy) is 1. The van der Waals surface area contributed by atoms with Crippen LogP contribution in [0.3, 0.4) is 0 Å². The van der Waals surface area contributed by atoms with Crippen molar-refractivity contribution < 1.29 is 4.74 Å². The lowest BCUT2D eigenvalue weighted by Crippen LogP contribution is -2.26. The standard InChI is InChI=1S/C15H23N5O/c1-9-4-5-11(6-10(9)2)21-8-13-18-14(16)12-7-17-20(3)15(12)19-13/h7,9-11H,4-6,8H2,1-3H3,(H2,16,18,19). The summed E-state index contributed by atoms with van der Waals surface area (Å²) < 4.78 is 7.71. The van der Waals surface area contributed by atoms with E-state index in [-0.39, 0.29) is 0 Å². The van der Waals surface area contributed by atoms with Crippen molar-refractivity contribution in [2.24, 2.45) is 18.9 Å². The highest BCUT2D eigenvalue weighted by molar-refractivity contribution is 5.84. The van der Waals surface area contributed by atoms with E-state index in [1.165, 1.54) is 6.42 Å². The third kappa shape index (κ3) is 2.85. The molecule has 2 N–H and O–H groups in total. The van der Waals surface area contributed by atoms with E-state index in [2.05, 4.69) is 28.9 Å². The van der Waals surface area contributed by atoms with E-state index in [4.69, 9.17) is 10.5 Å². The molecule has 114 valence electrons. The van der Waals surface area contributed by atoms with Gasteiger partial charge in [0, 0.05) is 7.05 Å². The molecular formula is C15H23N5O. The first-order valence-electron chi connectivity index (χ1n) is 7.60. The Labute approximate surface area is 124 Å². The number of nitrogens with zero attached hydrogens (tertiary/aromatic N) is 4. The van der Waals surface area contributed by atoms with Gasteiger partial charge in [0.25, 0.3) is 0 Å². The molecule has 0 saturated heterocycles. The molecule has 2 aromatic heterocycles. The third-order valence-electron chi connectivity index (χ3n) is 4.67. The first-order valence-corrected chi connectivity index (χ1v) is 7.60. The van der Waals surface area contributed by atoms with Crippen LogP contribution in [0.2, 0.25) is 0 Å². The van der Waals surface area contributed by atoms with Crippen LogP contribution in [0.15, 0.2) is 6.20 Å². The fourth-order valence-electron chi connectivity index (χ4n) is 3.00. The summed E-state index contributed by atoms with van der Waals surface area (Å²) in [6.07, 6.45) is 5.47. The van der Waals surface area contributed by atoms with Crippen molar-refractivity contribution >= 4 is 16.9 Å². The molecule has 0 aliphatic heterocycles. The van der Waals surface area contributed by atoms with E-state index < -0.39 is 0 Å². The van der Waals surface area contributed by atoms with Gasteiger partial charge < -0.3 is 10.5 Å². The van der Waals surface area contributed by atoms with Gasteiger partial charge in [-0.15, -0.1) is 0 Å². The number of hydrogen-bond donors (Lipinski definition) is 1. The molecular weight excluding hydrogens is 266 g/mol. The molecule has 0 spiro atoms. The summed E-state index contributed by atoms with van der Waals surface area (Å²) in [6, 6.07) is 0. The van der Waals surface area contributed by atoms with Crippen molar-refractivity contribution in [2.45, 2.75) is 45.8 Å². The summed E-state index contributed by atoms with van der Waals surface area (Å²) in [5.41, 5.74) is 6.72. The Balaban J connectivity index is 1.69. The quantitative estimate of drug-likeness (QED) is 0.937. The highest BCUT2D eigenvalue weighted by Crippen LogP contribution is 2.31. The van der Waals surface area contributed by atoms with Crippen LogP contribution in [0.1, 0.15) is 38.9 Å². The van der Waals surface area contributed by atoms with Crippen LogP contribution in [0, 0.1) is 11.8 Å². The molecule has 2 heterocycles. The molecule has 0 bridgehead atoms. The molecule has 1 fully saturated rings.